The van der Waals surface area contributed by atoms with Crippen molar-refractivity contribution < 1.29 is 4.79 Å². The van der Waals surface area contributed by atoms with E-state index >= 15 is 0 Å². The SMILES string of the molecule is Cc1c2c(nn1C1CCNC(C)(C)C1)-c1ccccc1SC21CCN(C(=O)[C@H]2C[C@@H]2C)CC1. The van der Waals surface area contributed by atoms with Crippen molar-refractivity contribution in [3.05, 3.63) is 35.5 Å². The van der Waals surface area contributed by atoms with Gasteiger partial charge in [-0.1, -0.05) is 25.1 Å². The summed E-state index contributed by atoms with van der Waals surface area (Å²) < 4.78 is 2.38. The quantitative estimate of drug-likeness (QED) is 0.669. The highest BCUT2D eigenvalue weighted by Gasteiger charge is 2.49. The molecule has 0 radical (unpaired) electrons. The highest BCUT2D eigenvalue weighted by Crippen LogP contribution is 2.58. The summed E-state index contributed by atoms with van der Waals surface area (Å²) in [6.45, 7) is 11.9. The van der Waals surface area contributed by atoms with E-state index in [1.807, 2.05) is 11.8 Å². The number of hydrogen-bond acceptors (Lipinski definition) is 4. The average Bonchev–Trinajstić information content (AvgIpc) is 3.41. The number of rotatable bonds is 2. The number of fused-ring (bicyclic) bond motifs is 4. The Morgan fingerprint density at radius 1 is 1.21 bits per heavy atom. The summed E-state index contributed by atoms with van der Waals surface area (Å²) in [7, 11) is 0. The van der Waals surface area contributed by atoms with Crippen LogP contribution in [0.3, 0.4) is 0 Å². The van der Waals surface area contributed by atoms with Gasteiger partial charge in [-0.05, 0) is 71.4 Å². The third kappa shape index (κ3) is 3.56. The van der Waals surface area contributed by atoms with Crippen LogP contribution in [0, 0.1) is 18.8 Å². The second kappa shape index (κ2) is 7.61. The van der Waals surface area contributed by atoms with E-state index in [0.717, 1.165) is 51.7 Å². The minimum atomic E-state index is 0.0143. The van der Waals surface area contributed by atoms with Gasteiger partial charge in [0, 0.05) is 46.3 Å². The topological polar surface area (TPSA) is 50.2 Å². The van der Waals surface area contributed by atoms with E-state index in [9.17, 15) is 4.79 Å². The summed E-state index contributed by atoms with van der Waals surface area (Å²) in [5, 5.41) is 8.99. The first-order valence-electron chi connectivity index (χ1n) is 12.7. The lowest BCUT2D eigenvalue weighted by molar-refractivity contribution is -0.134. The van der Waals surface area contributed by atoms with Crippen LogP contribution in [0.4, 0.5) is 0 Å². The molecule has 5 nitrogen and oxygen atoms in total. The third-order valence-corrected chi connectivity index (χ3v) is 10.1. The normalized spacial score (nSPS) is 29.5. The van der Waals surface area contributed by atoms with Crippen LogP contribution in [0.5, 0.6) is 0 Å². The molecule has 1 N–H and O–H groups in total. The van der Waals surface area contributed by atoms with Gasteiger partial charge in [0.2, 0.25) is 5.91 Å². The fourth-order valence-corrected chi connectivity index (χ4v) is 8.09. The maximum atomic E-state index is 12.9. The predicted molar refractivity (Wildman–Crippen MR) is 133 cm³/mol. The zero-order chi connectivity index (χ0) is 23.0. The molecule has 3 fully saturated rings. The van der Waals surface area contributed by atoms with Gasteiger partial charge in [-0.2, -0.15) is 5.10 Å². The largest absolute Gasteiger partial charge is 0.342 e. The monoisotopic (exact) mass is 464 g/mol. The summed E-state index contributed by atoms with van der Waals surface area (Å²) in [5.74, 6) is 1.25. The fraction of sp³-hybridized carbons (Fsp3) is 0.630. The Hall–Kier alpha value is -1.79. The maximum Gasteiger partial charge on any atom is 0.225 e. The molecular formula is C27H36N4OS. The van der Waals surface area contributed by atoms with E-state index in [4.69, 9.17) is 5.10 Å². The lowest BCUT2D eigenvalue weighted by Crippen LogP contribution is -2.47. The number of benzene rings is 1. The van der Waals surface area contributed by atoms with Crippen molar-refractivity contribution in [1.82, 2.24) is 20.0 Å². The molecule has 1 amide bonds. The van der Waals surface area contributed by atoms with E-state index in [1.165, 1.54) is 27.4 Å². The minimum absolute atomic E-state index is 0.0143. The molecule has 6 rings (SSSR count). The zero-order valence-corrected chi connectivity index (χ0v) is 21.2. The first-order chi connectivity index (χ1) is 15.8. The van der Waals surface area contributed by atoms with Crippen molar-refractivity contribution in [2.45, 2.75) is 81.0 Å². The lowest BCUT2D eigenvalue weighted by Gasteiger charge is -2.44. The Balaban J connectivity index is 1.37. The molecule has 1 unspecified atom stereocenters. The molecule has 176 valence electrons. The van der Waals surface area contributed by atoms with Crippen molar-refractivity contribution in [3.8, 4) is 11.3 Å². The fourth-order valence-electron chi connectivity index (χ4n) is 6.51. The summed E-state index contributed by atoms with van der Waals surface area (Å²) in [5.41, 5.74) is 5.38. The van der Waals surface area contributed by atoms with Gasteiger partial charge in [0.05, 0.1) is 16.5 Å². The Kier molecular flexibility index (Phi) is 5.01. The number of aromatic nitrogens is 2. The van der Waals surface area contributed by atoms with Gasteiger partial charge < -0.3 is 10.2 Å². The van der Waals surface area contributed by atoms with Crippen LogP contribution >= 0.6 is 11.8 Å². The van der Waals surface area contributed by atoms with E-state index in [0.29, 0.717) is 17.9 Å². The summed E-state index contributed by atoms with van der Waals surface area (Å²) in [6.07, 6.45) is 5.31. The Bertz CT molecular complexity index is 1100. The third-order valence-electron chi connectivity index (χ3n) is 8.54. The minimum Gasteiger partial charge on any atom is -0.342 e. The van der Waals surface area contributed by atoms with Crippen molar-refractivity contribution in [2.24, 2.45) is 11.8 Å². The van der Waals surface area contributed by atoms with Gasteiger partial charge in [-0.3, -0.25) is 9.48 Å². The lowest BCUT2D eigenvalue weighted by atomic mass is 9.84. The predicted octanol–water partition coefficient (Wildman–Crippen LogP) is 5.14. The number of piperidine rings is 2. The molecule has 3 aliphatic heterocycles. The van der Waals surface area contributed by atoms with E-state index < -0.39 is 0 Å². The second-order valence-corrected chi connectivity index (χ2v) is 12.9. The number of amides is 1. The molecule has 1 saturated carbocycles. The molecule has 33 heavy (non-hydrogen) atoms. The Morgan fingerprint density at radius 2 is 1.94 bits per heavy atom. The molecule has 1 aromatic carbocycles. The molecule has 4 aliphatic rings. The summed E-state index contributed by atoms with van der Waals surface area (Å²) in [4.78, 5) is 16.4. The smallest absolute Gasteiger partial charge is 0.225 e. The van der Waals surface area contributed by atoms with E-state index in [2.05, 4.69) is 66.9 Å². The van der Waals surface area contributed by atoms with Crippen LogP contribution in [0.2, 0.25) is 0 Å². The molecule has 2 aromatic rings. The number of carbonyl (C=O) groups is 1. The van der Waals surface area contributed by atoms with Crippen LogP contribution in [-0.2, 0) is 9.54 Å². The van der Waals surface area contributed by atoms with E-state index in [-0.39, 0.29) is 16.2 Å². The number of hydrogen-bond donors (Lipinski definition) is 1. The summed E-state index contributed by atoms with van der Waals surface area (Å²) in [6, 6.07) is 9.22. The number of carbonyl (C=O) groups excluding carboxylic acids is 1. The van der Waals surface area contributed by atoms with Gasteiger partial charge in [0.25, 0.3) is 0 Å². The van der Waals surface area contributed by atoms with Crippen molar-refractivity contribution in [3.63, 3.8) is 0 Å². The van der Waals surface area contributed by atoms with E-state index in [1.54, 1.807) is 0 Å². The molecule has 6 heteroatoms. The standard InChI is InChI=1S/C27H36N4OS/c1-17-15-21(17)25(32)30-13-10-27(11-14-30)23-18(2)31(19-9-12-28-26(3,4)16-19)29-24(23)20-7-5-6-8-22(20)33-27/h5-8,17,19,21,28H,9-16H2,1-4H3/t17-,19?,21-/m0/s1. The molecule has 2 saturated heterocycles. The Labute approximate surface area is 201 Å². The molecular weight excluding hydrogens is 428 g/mol. The van der Waals surface area contributed by atoms with Crippen LogP contribution in [0.25, 0.3) is 11.3 Å². The molecule has 4 heterocycles. The first kappa shape index (κ1) is 21.7. The number of nitrogens with zero attached hydrogens (tertiary/aromatic N) is 3. The van der Waals surface area contributed by atoms with Crippen LogP contribution in [0.15, 0.2) is 29.2 Å². The molecule has 1 aliphatic carbocycles. The summed E-state index contributed by atoms with van der Waals surface area (Å²) >= 11 is 2.03. The van der Waals surface area contributed by atoms with Gasteiger partial charge in [0.1, 0.15) is 0 Å². The zero-order valence-electron chi connectivity index (χ0n) is 20.4. The van der Waals surface area contributed by atoms with Crippen molar-refractivity contribution >= 4 is 17.7 Å². The second-order valence-electron chi connectivity index (χ2n) is 11.4. The van der Waals surface area contributed by atoms with Crippen LogP contribution in [0.1, 0.15) is 70.2 Å². The van der Waals surface area contributed by atoms with Gasteiger partial charge >= 0.3 is 0 Å². The molecule has 1 aromatic heterocycles. The van der Waals surface area contributed by atoms with Crippen molar-refractivity contribution in [2.75, 3.05) is 19.6 Å². The van der Waals surface area contributed by atoms with Crippen molar-refractivity contribution in [1.29, 1.82) is 0 Å². The highest BCUT2D eigenvalue weighted by atomic mass is 32.2. The first-order valence-corrected chi connectivity index (χ1v) is 13.5. The molecule has 1 spiro atoms. The Morgan fingerprint density at radius 3 is 2.64 bits per heavy atom. The van der Waals surface area contributed by atoms with Crippen LogP contribution in [-0.4, -0.2) is 45.8 Å². The van der Waals surface area contributed by atoms with Gasteiger partial charge in [-0.15, -0.1) is 11.8 Å². The number of thioether (sulfide) groups is 1. The highest BCUT2D eigenvalue weighted by molar-refractivity contribution is 8.00. The van der Waals surface area contributed by atoms with Crippen LogP contribution < -0.4 is 5.32 Å². The van der Waals surface area contributed by atoms with Gasteiger partial charge in [0.15, 0.2) is 0 Å². The molecule has 0 bridgehead atoms. The molecule has 3 atom stereocenters. The maximum absolute atomic E-state index is 12.9. The number of likely N-dealkylation sites (tertiary alicyclic amines) is 1. The van der Waals surface area contributed by atoms with Gasteiger partial charge in [-0.25, -0.2) is 0 Å². The number of nitrogens with one attached hydrogen (secondary N) is 1. The average molecular weight is 465 g/mol.